The predicted octanol–water partition coefficient (Wildman–Crippen LogP) is 0.862. The van der Waals surface area contributed by atoms with Gasteiger partial charge in [-0.1, -0.05) is 6.07 Å². The second kappa shape index (κ2) is 6.05. The highest BCUT2D eigenvalue weighted by Crippen LogP contribution is 2.17. The Balaban J connectivity index is 2.97. The second-order valence-corrected chi connectivity index (χ2v) is 5.06. The Bertz CT molecular complexity index is 554. The first-order chi connectivity index (χ1) is 9.17. The van der Waals surface area contributed by atoms with Gasteiger partial charge in [-0.2, -0.15) is 4.99 Å². The van der Waals surface area contributed by atoms with E-state index in [1.165, 1.54) is 0 Å². The Morgan fingerprint density at radius 3 is 2.40 bits per heavy atom. The molecule has 0 aromatic heterocycles. The van der Waals surface area contributed by atoms with Crippen LogP contribution in [0.2, 0.25) is 0 Å². The zero-order valence-corrected chi connectivity index (χ0v) is 11.8. The monoisotopic (exact) mass is 277 g/mol. The van der Waals surface area contributed by atoms with Crippen molar-refractivity contribution in [2.24, 2.45) is 27.2 Å². The van der Waals surface area contributed by atoms with Crippen LogP contribution in [-0.4, -0.2) is 23.5 Å². The highest BCUT2D eigenvalue weighted by atomic mass is 16.6. The molecule has 0 aliphatic heterocycles. The number of benzene rings is 1. The van der Waals surface area contributed by atoms with Crippen molar-refractivity contribution in [2.75, 3.05) is 0 Å². The van der Waals surface area contributed by atoms with Crippen LogP contribution in [0.25, 0.3) is 0 Å². The standard InChI is InChI=1S/C13H19N5O2/c1-13(2,3)20-10(19)8-5-4-6-9(7-8)17-12(16)18-11(14)15/h4-7H,1-3H3,(H6,14,15,16,17,18). The molecule has 0 radical (unpaired) electrons. The van der Waals surface area contributed by atoms with Gasteiger partial charge in [-0.3, -0.25) is 0 Å². The lowest BCUT2D eigenvalue weighted by Gasteiger charge is -2.19. The molecule has 0 fully saturated rings. The maximum Gasteiger partial charge on any atom is 0.338 e. The van der Waals surface area contributed by atoms with Crippen LogP contribution in [0.5, 0.6) is 0 Å². The molecule has 0 saturated heterocycles. The van der Waals surface area contributed by atoms with Gasteiger partial charge in [0.25, 0.3) is 0 Å². The largest absolute Gasteiger partial charge is 0.456 e. The first-order valence-corrected chi connectivity index (χ1v) is 5.94. The summed E-state index contributed by atoms with van der Waals surface area (Å²) < 4.78 is 5.26. The lowest BCUT2D eigenvalue weighted by atomic mass is 10.1. The Kier molecular flexibility index (Phi) is 4.68. The van der Waals surface area contributed by atoms with E-state index >= 15 is 0 Å². The molecule has 0 aliphatic rings. The summed E-state index contributed by atoms with van der Waals surface area (Å²) in [6.45, 7) is 5.39. The van der Waals surface area contributed by atoms with E-state index in [0.29, 0.717) is 11.3 Å². The van der Waals surface area contributed by atoms with E-state index in [9.17, 15) is 4.79 Å². The molecule has 20 heavy (non-hydrogen) atoms. The Labute approximate surface area is 117 Å². The van der Waals surface area contributed by atoms with Gasteiger partial charge in [-0.05, 0) is 39.0 Å². The summed E-state index contributed by atoms with van der Waals surface area (Å²) in [5, 5.41) is 0. The van der Waals surface area contributed by atoms with Gasteiger partial charge in [0.1, 0.15) is 5.60 Å². The third-order valence-corrected chi connectivity index (χ3v) is 1.97. The average molecular weight is 277 g/mol. The fourth-order valence-corrected chi connectivity index (χ4v) is 1.33. The number of rotatable bonds is 2. The molecule has 0 amide bonds. The minimum atomic E-state index is -0.562. The van der Waals surface area contributed by atoms with Gasteiger partial charge in [-0.25, -0.2) is 9.79 Å². The van der Waals surface area contributed by atoms with Crippen LogP contribution in [0.1, 0.15) is 31.1 Å². The van der Waals surface area contributed by atoms with Crippen LogP contribution >= 0.6 is 0 Å². The summed E-state index contributed by atoms with van der Waals surface area (Å²) in [4.78, 5) is 19.5. The zero-order valence-electron chi connectivity index (χ0n) is 11.8. The second-order valence-electron chi connectivity index (χ2n) is 5.06. The quantitative estimate of drug-likeness (QED) is 0.419. The molecular weight excluding hydrogens is 258 g/mol. The van der Waals surface area contributed by atoms with Crippen molar-refractivity contribution >= 4 is 23.6 Å². The average Bonchev–Trinajstić information content (AvgIpc) is 2.25. The van der Waals surface area contributed by atoms with Crippen molar-refractivity contribution in [3.63, 3.8) is 0 Å². The van der Waals surface area contributed by atoms with Crippen LogP contribution in [0.3, 0.4) is 0 Å². The van der Waals surface area contributed by atoms with Gasteiger partial charge < -0.3 is 21.9 Å². The number of carbonyl (C=O) groups excluding carboxylic acids is 1. The molecule has 0 saturated carbocycles. The molecule has 108 valence electrons. The van der Waals surface area contributed by atoms with E-state index < -0.39 is 11.6 Å². The first-order valence-electron chi connectivity index (χ1n) is 5.94. The number of nitrogens with two attached hydrogens (primary N) is 3. The zero-order chi connectivity index (χ0) is 15.3. The Morgan fingerprint density at radius 2 is 1.85 bits per heavy atom. The smallest absolute Gasteiger partial charge is 0.338 e. The summed E-state index contributed by atoms with van der Waals surface area (Å²) in [6, 6.07) is 6.51. The lowest BCUT2D eigenvalue weighted by molar-refractivity contribution is 0.00696. The summed E-state index contributed by atoms with van der Waals surface area (Å²) in [5.74, 6) is -0.712. The van der Waals surface area contributed by atoms with Gasteiger partial charge in [0.15, 0.2) is 5.96 Å². The van der Waals surface area contributed by atoms with Crippen LogP contribution in [-0.2, 0) is 4.74 Å². The highest BCUT2D eigenvalue weighted by Gasteiger charge is 2.17. The van der Waals surface area contributed by atoms with E-state index in [4.69, 9.17) is 21.9 Å². The van der Waals surface area contributed by atoms with Gasteiger partial charge in [-0.15, -0.1) is 0 Å². The van der Waals surface area contributed by atoms with Gasteiger partial charge in [0.05, 0.1) is 11.3 Å². The van der Waals surface area contributed by atoms with E-state index in [1.807, 2.05) is 0 Å². The van der Waals surface area contributed by atoms with E-state index in [0.717, 1.165) is 0 Å². The third kappa shape index (κ3) is 5.38. The van der Waals surface area contributed by atoms with Crippen molar-refractivity contribution in [2.45, 2.75) is 26.4 Å². The minimum Gasteiger partial charge on any atom is -0.456 e. The van der Waals surface area contributed by atoms with E-state index in [2.05, 4.69) is 9.98 Å². The molecule has 1 aromatic carbocycles. The fourth-order valence-electron chi connectivity index (χ4n) is 1.33. The molecule has 1 aromatic rings. The SMILES string of the molecule is CC(C)(C)OC(=O)c1cccc(N=C(N)N=C(N)N)c1. The normalized spacial score (nSPS) is 11.8. The third-order valence-electron chi connectivity index (χ3n) is 1.97. The van der Waals surface area contributed by atoms with Crippen molar-refractivity contribution in [1.29, 1.82) is 0 Å². The lowest BCUT2D eigenvalue weighted by Crippen LogP contribution is -2.26. The maximum atomic E-state index is 11.9. The van der Waals surface area contributed by atoms with Crippen LogP contribution in [0.4, 0.5) is 5.69 Å². The number of nitrogens with zero attached hydrogens (tertiary/aromatic N) is 2. The molecule has 0 spiro atoms. The summed E-state index contributed by atoms with van der Waals surface area (Å²) in [6.07, 6.45) is 0. The molecule has 0 aliphatic carbocycles. The number of ether oxygens (including phenoxy) is 1. The van der Waals surface area contributed by atoms with Crippen LogP contribution < -0.4 is 17.2 Å². The van der Waals surface area contributed by atoms with Crippen molar-refractivity contribution in [1.82, 2.24) is 0 Å². The topological polar surface area (TPSA) is 129 Å². The molecule has 6 N–H and O–H groups in total. The van der Waals surface area contributed by atoms with Crippen LogP contribution in [0, 0.1) is 0 Å². The number of hydrogen-bond donors (Lipinski definition) is 3. The highest BCUT2D eigenvalue weighted by molar-refractivity contribution is 5.94. The summed E-state index contributed by atoms with van der Waals surface area (Å²) >= 11 is 0. The summed E-state index contributed by atoms with van der Waals surface area (Å²) in [5.41, 5.74) is 16.2. The molecule has 7 nitrogen and oxygen atoms in total. The number of aliphatic imine (C=N–C) groups is 2. The number of carbonyl (C=O) groups is 1. The molecule has 0 bridgehead atoms. The maximum absolute atomic E-state index is 11.9. The molecule has 0 atom stereocenters. The van der Waals surface area contributed by atoms with Crippen molar-refractivity contribution in [3.05, 3.63) is 29.8 Å². The Hall–Kier alpha value is -2.57. The fraction of sp³-hybridized carbons (Fsp3) is 0.308. The Morgan fingerprint density at radius 1 is 1.20 bits per heavy atom. The molecular formula is C13H19N5O2. The molecule has 7 heteroatoms. The minimum absolute atomic E-state index is 0.0914. The van der Waals surface area contributed by atoms with E-state index in [-0.39, 0.29) is 11.9 Å². The molecule has 0 heterocycles. The van der Waals surface area contributed by atoms with E-state index in [1.54, 1.807) is 45.0 Å². The van der Waals surface area contributed by atoms with Crippen molar-refractivity contribution < 1.29 is 9.53 Å². The van der Waals surface area contributed by atoms with Crippen LogP contribution in [0.15, 0.2) is 34.3 Å². The summed E-state index contributed by atoms with van der Waals surface area (Å²) in [7, 11) is 0. The van der Waals surface area contributed by atoms with Gasteiger partial charge >= 0.3 is 5.97 Å². The predicted molar refractivity (Wildman–Crippen MR) is 78.7 cm³/mol. The van der Waals surface area contributed by atoms with Gasteiger partial charge in [0.2, 0.25) is 5.96 Å². The molecule has 0 unspecified atom stereocenters. The molecule has 1 rings (SSSR count). The first kappa shape index (κ1) is 15.5. The number of guanidine groups is 2. The van der Waals surface area contributed by atoms with Crippen molar-refractivity contribution in [3.8, 4) is 0 Å². The number of esters is 1. The van der Waals surface area contributed by atoms with Gasteiger partial charge in [0, 0.05) is 0 Å². The number of hydrogen-bond acceptors (Lipinski definition) is 3.